The molecule has 3 rings (SSSR count). The maximum absolute atomic E-state index is 12.3. The molecule has 0 aliphatic carbocycles. The van der Waals surface area contributed by atoms with Gasteiger partial charge in [0.15, 0.2) is 15.6 Å². The van der Waals surface area contributed by atoms with Gasteiger partial charge in [0.05, 0.1) is 10.3 Å². The summed E-state index contributed by atoms with van der Waals surface area (Å²) in [5, 5.41) is 0.821. The molecule has 1 aromatic heterocycles. The van der Waals surface area contributed by atoms with Gasteiger partial charge in [0.25, 0.3) is 0 Å². The number of carbonyl (C=O) groups excluding carboxylic acids is 1. The number of sulfone groups is 1. The number of ether oxygens (including phenoxy) is 1. The summed E-state index contributed by atoms with van der Waals surface area (Å²) in [6.07, 6.45) is 2.84. The topological polar surface area (TPSA) is 73.6 Å². The van der Waals surface area contributed by atoms with E-state index in [0.29, 0.717) is 11.3 Å². The summed E-state index contributed by atoms with van der Waals surface area (Å²) in [4.78, 5) is 12.6. The summed E-state index contributed by atoms with van der Waals surface area (Å²) in [5.74, 6) is 1.61. The molecule has 34 heavy (non-hydrogen) atoms. The Hall–Kier alpha value is -2.60. The highest BCUT2D eigenvalue weighted by Gasteiger charge is 2.37. The van der Waals surface area contributed by atoms with Crippen molar-refractivity contribution in [2.75, 3.05) is 12.9 Å². The van der Waals surface area contributed by atoms with E-state index in [4.69, 9.17) is 9.15 Å². The predicted octanol–water partition coefficient (Wildman–Crippen LogP) is 6.55. The van der Waals surface area contributed by atoms with Crippen LogP contribution in [0.4, 0.5) is 0 Å². The van der Waals surface area contributed by atoms with Crippen molar-refractivity contribution in [3.05, 3.63) is 58.8 Å². The van der Waals surface area contributed by atoms with Crippen LogP contribution >= 0.6 is 0 Å². The van der Waals surface area contributed by atoms with E-state index >= 15 is 0 Å². The van der Waals surface area contributed by atoms with Gasteiger partial charge in [-0.3, -0.25) is 4.79 Å². The second-order valence-electron chi connectivity index (χ2n) is 10.2. The average Bonchev–Trinajstić information content (AvgIpc) is 3.09. The molecule has 0 saturated heterocycles. The molecule has 0 saturated carbocycles. The fourth-order valence-corrected chi connectivity index (χ4v) is 5.11. The molecule has 0 fully saturated rings. The minimum Gasteiger partial charge on any atom is -0.486 e. The standard InChI is InChI=1S/C28H36O5S/c1-9-28(10-2,20-11-13-23(18(3)15-20)32-17-25(29)27(5,6)7)26-19(4)22-16-21(34(8,30)31)12-14-24(22)33-26/h11-16H,9-10,17H2,1-8H3. The lowest BCUT2D eigenvalue weighted by atomic mass is 9.72. The molecule has 5 nitrogen and oxygen atoms in total. The van der Waals surface area contributed by atoms with Gasteiger partial charge in [0.1, 0.15) is 23.7 Å². The van der Waals surface area contributed by atoms with Crippen molar-refractivity contribution in [1.82, 2.24) is 0 Å². The number of fused-ring (bicyclic) bond motifs is 1. The van der Waals surface area contributed by atoms with Gasteiger partial charge in [-0.05, 0) is 67.6 Å². The van der Waals surface area contributed by atoms with Gasteiger partial charge in [-0.15, -0.1) is 0 Å². The van der Waals surface area contributed by atoms with E-state index in [1.807, 2.05) is 46.8 Å². The van der Waals surface area contributed by atoms with Crippen LogP contribution in [0.1, 0.15) is 69.9 Å². The van der Waals surface area contributed by atoms with Gasteiger partial charge in [0.2, 0.25) is 0 Å². The number of benzene rings is 2. The normalized spacial score (nSPS) is 12.8. The molecule has 0 aliphatic rings. The SMILES string of the molecule is CCC(CC)(c1ccc(OCC(=O)C(C)(C)C)c(C)c1)c1oc2ccc(S(C)(=O)=O)cc2c1C. The number of hydrogen-bond donors (Lipinski definition) is 0. The largest absolute Gasteiger partial charge is 0.486 e. The first-order valence-electron chi connectivity index (χ1n) is 11.8. The molecule has 0 N–H and O–H groups in total. The van der Waals surface area contributed by atoms with Gasteiger partial charge in [-0.2, -0.15) is 0 Å². The van der Waals surface area contributed by atoms with Crippen molar-refractivity contribution >= 4 is 26.6 Å². The summed E-state index contributed by atoms with van der Waals surface area (Å²) in [5.41, 5.74) is 2.89. The third-order valence-corrected chi connectivity index (χ3v) is 8.01. The highest BCUT2D eigenvalue weighted by atomic mass is 32.2. The van der Waals surface area contributed by atoms with Crippen LogP contribution in [0.5, 0.6) is 5.75 Å². The van der Waals surface area contributed by atoms with Gasteiger partial charge >= 0.3 is 0 Å². The highest BCUT2D eigenvalue weighted by molar-refractivity contribution is 7.90. The molecule has 0 unspecified atom stereocenters. The second-order valence-corrected chi connectivity index (χ2v) is 12.2. The molecule has 0 bridgehead atoms. The average molecular weight is 485 g/mol. The number of ketones is 1. The summed E-state index contributed by atoms with van der Waals surface area (Å²) in [6, 6.07) is 11.1. The van der Waals surface area contributed by atoms with Crippen LogP contribution in [0.25, 0.3) is 11.0 Å². The van der Waals surface area contributed by atoms with Gasteiger partial charge in [-0.25, -0.2) is 8.42 Å². The first-order valence-corrected chi connectivity index (χ1v) is 13.6. The van der Waals surface area contributed by atoms with Crippen molar-refractivity contribution in [2.45, 2.75) is 71.6 Å². The predicted molar refractivity (Wildman–Crippen MR) is 137 cm³/mol. The lowest BCUT2D eigenvalue weighted by Crippen LogP contribution is -2.27. The fourth-order valence-electron chi connectivity index (χ4n) is 4.47. The van der Waals surface area contributed by atoms with E-state index in [9.17, 15) is 13.2 Å². The Bertz CT molecular complexity index is 1320. The minimum atomic E-state index is -3.31. The van der Waals surface area contributed by atoms with Crippen LogP contribution in [0.3, 0.4) is 0 Å². The summed E-state index contributed by atoms with van der Waals surface area (Å²) < 4.78 is 36.4. The Morgan fingerprint density at radius 3 is 2.18 bits per heavy atom. The molecule has 6 heteroatoms. The minimum absolute atomic E-state index is 0.0434. The molecule has 3 aromatic rings. The van der Waals surface area contributed by atoms with E-state index in [1.165, 1.54) is 6.26 Å². The van der Waals surface area contributed by atoms with Crippen LogP contribution in [-0.2, 0) is 20.0 Å². The second kappa shape index (κ2) is 9.21. The van der Waals surface area contributed by atoms with Crippen molar-refractivity contribution in [1.29, 1.82) is 0 Å². The third kappa shape index (κ3) is 4.78. The maximum atomic E-state index is 12.3. The van der Waals surface area contributed by atoms with E-state index in [1.54, 1.807) is 18.2 Å². The number of hydrogen-bond acceptors (Lipinski definition) is 5. The summed E-state index contributed by atoms with van der Waals surface area (Å²) in [7, 11) is -3.31. The van der Waals surface area contributed by atoms with Gasteiger partial charge in [-0.1, -0.05) is 46.8 Å². The van der Waals surface area contributed by atoms with Crippen LogP contribution in [0.2, 0.25) is 0 Å². The molecule has 1 heterocycles. The zero-order valence-corrected chi connectivity index (χ0v) is 22.4. The first-order chi connectivity index (χ1) is 15.7. The molecule has 0 atom stereocenters. The van der Waals surface area contributed by atoms with E-state index in [0.717, 1.165) is 40.7 Å². The van der Waals surface area contributed by atoms with Crippen LogP contribution in [0.15, 0.2) is 45.7 Å². The summed E-state index contributed by atoms with van der Waals surface area (Å²) >= 11 is 0. The monoisotopic (exact) mass is 484 g/mol. The van der Waals surface area contributed by atoms with E-state index in [2.05, 4.69) is 19.9 Å². The maximum Gasteiger partial charge on any atom is 0.175 e. The lowest BCUT2D eigenvalue weighted by Gasteiger charge is -2.32. The Morgan fingerprint density at radius 1 is 1.00 bits per heavy atom. The van der Waals surface area contributed by atoms with Gasteiger partial charge < -0.3 is 9.15 Å². The molecule has 0 aliphatic heterocycles. The van der Waals surface area contributed by atoms with E-state index < -0.39 is 15.3 Å². The molecule has 0 spiro atoms. The number of furan rings is 1. The Kier molecular flexibility index (Phi) is 7.05. The van der Waals surface area contributed by atoms with Crippen molar-refractivity contribution in [3.63, 3.8) is 0 Å². The third-order valence-electron chi connectivity index (χ3n) is 6.90. The van der Waals surface area contributed by atoms with Crippen LogP contribution in [-0.4, -0.2) is 27.1 Å². The quantitative estimate of drug-likeness (QED) is 0.362. The Morgan fingerprint density at radius 2 is 1.65 bits per heavy atom. The van der Waals surface area contributed by atoms with Crippen molar-refractivity contribution in [3.8, 4) is 5.75 Å². The summed E-state index contributed by atoms with van der Waals surface area (Å²) in [6.45, 7) is 14.0. The molecular weight excluding hydrogens is 448 g/mol. The number of Topliss-reactive ketones (excluding diaryl/α,β-unsaturated/α-hetero) is 1. The molecule has 0 radical (unpaired) electrons. The number of rotatable bonds is 8. The zero-order valence-electron chi connectivity index (χ0n) is 21.5. The fraction of sp³-hybridized carbons (Fsp3) is 0.464. The van der Waals surface area contributed by atoms with E-state index in [-0.39, 0.29) is 22.7 Å². The number of carbonyl (C=O) groups is 1. The van der Waals surface area contributed by atoms with Crippen molar-refractivity contribution in [2.24, 2.45) is 5.41 Å². The molecule has 2 aromatic carbocycles. The smallest absolute Gasteiger partial charge is 0.175 e. The molecule has 0 amide bonds. The van der Waals surface area contributed by atoms with Gasteiger partial charge in [0, 0.05) is 17.1 Å². The zero-order chi connectivity index (χ0) is 25.5. The highest BCUT2D eigenvalue weighted by Crippen LogP contribution is 2.45. The molecule has 184 valence electrons. The van der Waals surface area contributed by atoms with Crippen LogP contribution in [0, 0.1) is 19.3 Å². The Labute approximate surface area is 203 Å². The Balaban J connectivity index is 2.06. The number of aryl methyl sites for hydroxylation is 2. The lowest BCUT2D eigenvalue weighted by molar-refractivity contribution is -0.128. The first kappa shape index (κ1) is 26.0. The van der Waals surface area contributed by atoms with Crippen molar-refractivity contribution < 1.29 is 22.4 Å². The van der Waals surface area contributed by atoms with Crippen LogP contribution < -0.4 is 4.74 Å². The molecular formula is C28H36O5S.